The van der Waals surface area contributed by atoms with Crippen LogP contribution < -0.4 is 0 Å². The maximum atomic E-state index is 13.6. The highest BCUT2D eigenvalue weighted by atomic mass is 19.4. The van der Waals surface area contributed by atoms with Crippen molar-refractivity contribution >= 4 is 5.91 Å². The third-order valence-electron chi connectivity index (χ3n) is 6.39. The topological polar surface area (TPSA) is 71.9 Å². The second-order valence-corrected chi connectivity index (χ2v) is 8.37. The van der Waals surface area contributed by atoms with Crippen LogP contribution >= 0.6 is 0 Å². The van der Waals surface area contributed by atoms with Gasteiger partial charge in [-0.25, -0.2) is 19.3 Å². The lowest BCUT2D eigenvalue weighted by Crippen LogP contribution is -2.37. The number of aromatic nitrogens is 4. The summed E-state index contributed by atoms with van der Waals surface area (Å²) < 4.78 is 51.5. The Kier molecular flexibility index (Phi) is 5.30. The Morgan fingerprint density at radius 1 is 1.00 bits per heavy atom. The lowest BCUT2D eigenvalue weighted by atomic mass is 9.86. The van der Waals surface area contributed by atoms with Crippen molar-refractivity contribution in [2.45, 2.75) is 43.9 Å². The Balaban J connectivity index is 1.36. The van der Waals surface area contributed by atoms with E-state index in [4.69, 9.17) is 0 Å². The van der Waals surface area contributed by atoms with Gasteiger partial charge in [0, 0.05) is 23.8 Å². The minimum atomic E-state index is -4.52. The molecule has 2 aliphatic heterocycles. The fourth-order valence-corrected chi connectivity index (χ4v) is 4.98. The maximum Gasteiger partial charge on any atom is 0.434 e. The molecule has 1 aromatic carbocycles. The van der Waals surface area contributed by atoms with Crippen LogP contribution in [0.2, 0.25) is 0 Å². The third-order valence-corrected chi connectivity index (χ3v) is 6.39. The predicted molar refractivity (Wildman–Crippen MR) is 109 cm³/mol. The van der Waals surface area contributed by atoms with Crippen molar-refractivity contribution in [2.24, 2.45) is 5.92 Å². The van der Waals surface area contributed by atoms with Crippen LogP contribution in [0.3, 0.4) is 0 Å². The summed E-state index contributed by atoms with van der Waals surface area (Å²) in [5.74, 6) is -0.349. The molecule has 5 rings (SSSR count). The molecule has 6 nitrogen and oxygen atoms in total. The fraction of sp³-hybridized carbons (Fsp3) is 0.348. The number of hydrogen-bond donors (Lipinski definition) is 0. The van der Waals surface area contributed by atoms with E-state index in [1.165, 1.54) is 6.20 Å². The number of carbonyl (C=O) groups excluding carboxylic acids is 1. The highest BCUT2D eigenvalue weighted by Crippen LogP contribution is 2.44. The minimum Gasteiger partial charge on any atom is -0.332 e. The maximum absolute atomic E-state index is 13.6. The minimum absolute atomic E-state index is 0.0335. The van der Waals surface area contributed by atoms with Gasteiger partial charge >= 0.3 is 6.18 Å². The van der Waals surface area contributed by atoms with Crippen molar-refractivity contribution in [2.75, 3.05) is 0 Å². The zero-order chi connectivity index (χ0) is 23.2. The molecule has 2 aliphatic rings. The number of fused-ring (bicyclic) bond motifs is 2. The summed E-state index contributed by atoms with van der Waals surface area (Å²) in [6.07, 6.45) is 2.43. The average Bonchev–Trinajstić information content (AvgIpc) is 3.37. The summed E-state index contributed by atoms with van der Waals surface area (Å²) in [5, 5.41) is 0. The molecule has 33 heavy (non-hydrogen) atoms. The number of hydrogen-bond acceptors (Lipinski definition) is 5. The number of alkyl halides is 3. The summed E-state index contributed by atoms with van der Waals surface area (Å²) in [6.45, 7) is 0. The molecule has 0 radical (unpaired) electrons. The standard InChI is InChI=1S/C23H19F4N5O/c24-14-9-30-21(31-10-14)17-3-1-2-4-18(17)22(33)32-16-5-6-19(32)13(8-16)7-15-11-29-20(12-28-15)23(25,26)27/h1-4,9-13,16,19H,5-8H2. The summed E-state index contributed by atoms with van der Waals surface area (Å²) in [7, 11) is 0. The van der Waals surface area contributed by atoms with E-state index in [0.717, 1.165) is 37.9 Å². The van der Waals surface area contributed by atoms with Gasteiger partial charge in [-0.2, -0.15) is 13.2 Å². The molecule has 2 fully saturated rings. The summed E-state index contributed by atoms with van der Waals surface area (Å²) >= 11 is 0. The predicted octanol–water partition coefficient (Wildman–Crippen LogP) is 4.33. The van der Waals surface area contributed by atoms with Crippen LogP contribution in [-0.2, 0) is 12.6 Å². The van der Waals surface area contributed by atoms with Gasteiger partial charge in [0.05, 0.1) is 29.8 Å². The van der Waals surface area contributed by atoms with Crippen LogP contribution in [0, 0.1) is 11.7 Å². The van der Waals surface area contributed by atoms with E-state index in [1.807, 2.05) is 4.90 Å². The van der Waals surface area contributed by atoms with Crippen molar-refractivity contribution in [3.05, 3.63) is 71.8 Å². The summed E-state index contributed by atoms with van der Waals surface area (Å²) in [6, 6.07) is 6.98. The van der Waals surface area contributed by atoms with Gasteiger partial charge in [-0.05, 0) is 37.7 Å². The molecule has 170 valence electrons. The zero-order valence-electron chi connectivity index (χ0n) is 17.3. The quantitative estimate of drug-likeness (QED) is 0.546. The molecule has 4 heterocycles. The number of amides is 1. The Hall–Kier alpha value is -3.43. The van der Waals surface area contributed by atoms with Crippen molar-refractivity contribution in [1.82, 2.24) is 24.8 Å². The van der Waals surface area contributed by atoms with E-state index < -0.39 is 17.7 Å². The first-order valence-electron chi connectivity index (χ1n) is 10.6. The molecule has 3 atom stereocenters. The fourth-order valence-electron chi connectivity index (χ4n) is 4.98. The molecule has 3 unspecified atom stereocenters. The average molecular weight is 457 g/mol. The van der Waals surface area contributed by atoms with E-state index in [2.05, 4.69) is 19.9 Å². The number of rotatable bonds is 4. The Bertz CT molecular complexity index is 1170. The van der Waals surface area contributed by atoms with E-state index >= 15 is 0 Å². The van der Waals surface area contributed by atoms with Crippen molar-refractivity contribution in [3.8, 4) is 11.4 Å². The molecule has 2 aromatic heterocycles. The van der Waals surface area contributed by atoms with Gasteiger partial charge in [-0.3, -0.25) is 9.78 Å². The molecule has 2 bridgehead atoms. The zero-order valence-corrected chi connectivity index (χ0v) is 17.3. The second kappa shape index (κ2) is 8.17. The Morgan fingerprint density at radius 3 is 2.45 bits per heavy atom. The number of nitrogens with zero attached hydrogens (tertiary/aromatic N) is 5. The molecule has 0 saturated carbocycles. The molecular formula is C23H19F4N5O. The van der Waals surface area contributed by atoms with Crippen LogP contribution in [0.15, 0.2) is 49.1 Å². The number of halogens is 4. The second-order valence-electron chi connectivity index (χ2n) is 8.37. The molecule has 1 amide bonds. The van der Waals surface area contributed by atoms with Crippen molar-refractivity contribution < 1.29 is 22.4 Å². The Labute approximate surface area is 186 Å². The third kappa shape index (κ3) is 4.05. The molecule has 0 spiro atoms. The highest BCUT2D eigenvalue weighted by molar-refractivity contribution is 6.00. The molecular weight excluding hydrogens is 438 g/mol. The van der Waals surface area contributed by atoms with Crippen molar-refractivity contribution in [3.63, 3.8) is 0 Å². The van der Waals surface area contributed by atoms with Gasteiger partial charge in [0.15, 0.2) is 17.3 Å². The van der Waals surface area contributed by atoms with Crippen molar-refractivity contribution in [1.29, 1.82) is 0 Å². The first-order chi connectivity index (χ1) is 15.8. The van der Waals surface area contributed by atoms with Crippen LogP contribution in [0.1, 0.15) is 41.0 Å². The normalized spacial score (nSPS) is 22.1. The number of carbonyl (C=O) groups is 1. The highest BCUT2D eigenvalue weighted by Gasteiger charge is 2.48. The first-order valence-corrected chi connectivity index (χ1v) is 10.6. The summed E-state index contributed by atoms with van der Waals surface area (Å²) in [4.78, 5) is 30.9. The molecule has 0 N–H and O–H groups in total. The van der Waals surface area contributed by atoms with Gasteiger partial charge in [0.1, 0.15) is 0 Å². The lowest BCUT2D eigenvalue weighted by molar-refractivity contribution is -0.141. The van der Waals surface area contributed by atoms with E-state index in [9.17, 15) is 22.4 Å². The SMILES string of the molecule is O=C(c1ccccc1-c1ncc(F)cn1)N1C2CCC1C(Cc1cnc(C(F)(F)F)cn1)C2. The van der Waals surface area contributed by atoms with Gasteiger partial charge < -0.3 is 4.90 Å². The van der Waals surface area contributed by atoms with Gasteiger partial charge in [-0.1, -0.05) is 18.2 Å². The van der Waals surface area contributed by atoms with Crippen LogP contribution in [0.5, 0.6) is 0 Å². The Morgan fingerprint density at radius 2 is 1.76 bits per heavy atom. The molecule has 0 aliphatic carbocycles. The van der Waals surface area contributed by atoms with E-state index in [0.29, 0.717) is 23.2 Å². The molecule has 2 saturated heterocycles. The monoisotopic (exact) mass is 457 g/mol. The number of benzene rings is 1. The van der Waals surface area contributed by atoms with Crippen LogP contribution in [0.25, 0.3) is 11.4 Å². The lowest BCUT2D eigenvalue weighted by Gasteiger charge is -2.25. The van der Waals surface area contributed by atoms with E-state index in [1.54, 1.807) is 24.3 Å². The largest absolute Gasteiger partial charge is 0.434 e. The van der Waals surface area contributed by atoms with Crippen LogP contribution in [0.4, 0.5) is 17.6 Å². The van der Waals surface area contributed by atoms with E-state index in [-0.39, 0.29) is 29.7 Å². The first kappa shape index (κ1) is 21.4. The smallest absolute Gasteiger partial charge is 0.332 e. The molecule has 10 heteroatoms. The van der Waals surface area contributed by atoms with Gasteiger partial charge in [0.25, 0.3) is 5.91 Å². The summed E-state index contributed by atoms with van der Waals surface area (Å²) in [5.41, 5.74) is 0.429. The molecule has 3 aromatic rings. The van der Waals surface area contributed by atoms with Gasteiger partial charge in [-0.15, -0.1) is 0 Å². The van der Waals surface area contributed by atoms with Crippen LogP contribution in [-0.4, -0.2) is 42.8 Å². The van der Waals surface area contributed by atoms with Gasteiger partial charge in [0.2, 0.25) is 0 Å².